The van der Waals surface area contributed by atoms with Crippen LogP contribution in [0, 0.1) is 6.92 Å². The highest BCUT2D eigenvalue weighted by atomic mass is 35.5. The average molecular weight is 380 g/mol. The Labute approximate surface area is 159 Å². The predicted octanol–water partition coefficient (Wildman–Crippen LogP) is 5.57. The van der Waals surface area contributed by atoms with Gasteiger partial charge < -0.3 is 5.32 Å². The van der Waals surface area contributed by atoms with E-state index in [1.54, 1.807) is 41.8 Å². The number of hydrogen-bond acceptors (Lipinski definition) is 4. The van der Waals surface area contributed by atoms with Gasteiger partial charge in [-0.25, -0.2) is 9.97 Å². The maximum Gasteiger partial charge on any atom is 0.257 e. The summed E-state index contributed by atoms with van der Waals surface area (Å²) in [5.74, 6) is -0.226. The highest BCUT2D eigenvalue weighted by molar-refractivity contribution is 7.21. The first-order chi connectivity index (χ1) is 12.6. The fourth-order valence-electron chi connectivity index (χ4n) is 2.67. The Bertz CT molecular complexity index is 1090. The lowest BCUT2D eigenvalue weighted by atomic mass is 10.1. The molecule has 2 aromatic heterocycles. The van der Waals surface area contributed by atoms with E-state index in [1.807, 2.05) is 37.3 Å². The number of nitrogens with one attached hydrogen (secondary N) is 1. The van der Waals surface area contributed by atoms with Gasteiger partial charge in [-0.1, -0.05) is 35.1 Å². The molecule has 0 unspecified atom stereocenters. The van der Waals surface area contributed by atoms with Crippen LogP contribution in [0.4, 0.5) is 5.69 Å². The van der Waals surface area contributed by atoms with Crippen LogP contribution in [0.3, 0.4) is 0 Å². The molecule has 0 atom stereocenters. The number of halogens is 1. The van der Waals surface area contributed by atoms with Gasteiger partial charge in [0.2, 0.25) is 0 Å². The van der Waals surface area contributed by atoms with E-state index >= 15 is 0 Å². The molecule has 0 aliphatic rings. The first-order valence-electron chi connectivity index (χ1n) is 8.00. The third kappa shape index (κ3) is 3.19. The summed E-state index contributed by atoms with van der Waals surface area (Å²) in [6, 6.07) is 16.7. The van der Waals surface area contributed by atoms with E-state index in [9.17, 15) is 4.79 Å². The molecule has 0 fully saturated rings. The van der Waals surface area contributed by atoms with Crippen LogP contribution >= 0.6 is 22.9 Å². The van der Waals surface area contributed by atoms with Crippen LogP contribution in [0.25, 0.3) is 20.9 Å². The number of thiazole rings is 1. The number of anilines is 1. The second-order valence-corrected chi connectivity index (χ2v) is 7.20. The van der Waals surface area contributed by atoms with Crippen LogP contribution in [-0.2, 0) is 0 Å². The van der Waals surface area contributed by atoms with E-state index < -0.39 is 0 Å². The molecule has 0 radical (unpaired) electrons. The van der Waals surface area contributed by atoms with Crippen molar-refractivity contribution in [2.24, 2.45) is 0 Å². The van der Waals surface area contributed by atoms with Crippen LogP contribution < -0.4 is 5.32 Å². The molecule has 0 bridgehead atoms. The molecule has 4 rings (SSSR count). The first kappa shape index (κ1) is 16.7. The van der Waals surface area contributed by atoms with Gasteiger partial charge in [-0.2, -0.15) is 0 Å². The summed E-state index contributed by atoms with van der Waals surface area (Å²) in [4.78, 5) is 22.3. The van der Waals surface area contributed by atoms with Crippen molar-refractivity contribution < 1.29 is 4.79 Å². The van der Waals surface area contributed by atoms with Crippen LogP contribution in [0.2, 0.25) is 5.02 Å². The zero-order valence-electron chi connectivity index (χ0n) is 13.9. The number of fused-ring (bicyclic) bond motifs is 1. The van der Waals surface area contributed by atoms with Crippen molar-refractivity contribution in [1.82, 2.24) is 9.97 Å². The standard InChI is InChI=1S/C20H14ClN3OS/c1-12-11-13(19-24-17-7-4-10-22-20(17)26-19)8-9-16(12)23-18(25)14-5-2-3-6-15(14)21/h2-11H,1H3,(H,23,25). The molecule has 1 amide bonds. The summed E-state index contributed by atoms with van der Waals surface area (Å²) >= 11 is 7.65. The number of aryl methyl sites for hydroxylation is 1. The molecule has 0 aliphatic heterocycles. The van der Waals surface area contributed by atoms with Gasteiger partial charge in [-0.3, -0.25) is 4.79 Å². The van der Waals surface area contributed by atoms with Crippen molar-refractivity contribution in [3.05, 3.63) is 76.9 Å². The smallest absolute Gasteiger partial charge is 0.257 e. The van der Waals surface area contributed by atoms with E-state index in [-0.39, 0.29) is 5.91 Å². The molecule has 4 nitrogen and oxygen atoms in total. The minimum absolute atomic E-state index is 0.226. The third-order valence-electron chi connectivity index (χ3n) is 4.01. The van der Waals surface area contributed by atoms with Crippen molar-refractivity contribution in [2.45, 2.75) is 6.92 Å². The number of benzene rings is 2. The van der Waals surface area contributed by atoms with Crippen LogP contribution in [0.5, 0.6) is 0 Å². The number of carbonyl (C=O) groups is 1. The quantitative estimate of drug-likeness (QED) is 0.506. The van der Waals surface area contributed by atoms with Gasteiger partial charge in [-0.15, -0.1) is 0 Å². The van der Waals surface area contributed by atoms with E-state index in [2.05, 4.69) is 15.3 Å². The number of nitrogens with zero attached hydrogens (tertiary/aromatic N) is 2. The molecule has 4 aromatic rings. The molecule has 128 valence electrons. The molecule has 0 saturated heterocycles. The Hall–Kier alpha value is -2.76. The second kappa shape index (κ2) is 6.86. The number of aromatic nitrogens is 2. The molecule has 6 heteroatoms. The summed E-state index contributed by atoms with van der Waals surface area (Å²) in [5, 5.41) is 4.26. The van der Waals surface area contributed by atoms with Gasteiger partial charge in [-0.05, 0) is 55.0 Å². The maximum atomic E-state index is 12.4. The Balaban J connectivity index is 1.62. The molecule has 0 aliphatic carbocycles. The van der Waals surface area contributed by atoms with E-state index in [0.29, 0.717) is 10.6 Å². The Morgan fingerprint density at radius 2 is 1.96 bits per heavy atom. The Morgan fingerprint density at radius 3 is 2.73 bits per heavy atom. The van der Waals surface area contributed by atoms with Crippen molar-refractivity contribution in [2.75, 3.05) is 5.32 Å². The monoisotopic (exact) mass is 379 g/mol. The molecule has 26 heavy (non-hydrogen) atoms. The summed E-state index contributed by atoms with van der Waals surface area (Å²) in [6.07, 6.45) is 1.77. The van der Waals surface area contributed by atoms with E-state index in [4.69, 9.17) is 11.6 Å². The predicted molar refractivity (Wildman–Crippen MR) is 107 cm³/mol. The lowest BCUT2D eigenvalue weighted by molar-refractivity contribution is 0.102. The van der Waals surface area contributed by atoms with Crippen molar-refractivity contribution in [3.63, 3.8) is 0 Å². The minimum Gasteiger partial charge on any atom is -0.322 e. The van der Waals surface area contributed by atoms with Crippen molar-refractivity contribution in [1.29, 1.82) is 0 Å². The van der Waals surface area contributed by atoms with Gasteiger partial charge >= 0.3 is 0 Å². The van der Waals surface area contributed by atoms with Crippen LogP contribution in [-0.4, -0.2) is 15.9 Å². The number of amides is 1. The SMILES string of the molecule is Cc1cc(-c2nc3cccnc3s2)ccc1NC(=O)c1ccccc1Cl. The average Bonchev–Trinajstić information content (AvgIpc) is 3.08. The van der Waals surface area contributed by atoms with Gasteiger partial charge in [0.1, 0.15) is 15.4 Å². The van der Waals surface area contributed by atoms with Crippen molar-refractivity contribution >= 4 is 44.9 Å². The summed E-state index contributed by atoms with van der Waals surface area (Å²) in [5.41, 5.74) is 4.05. The topological polar surface area (TPSA) is 54.9 Å². The molecular formula is C20H14ClN3OS. The molecule has 1 N–H and O–H groups in total. The lowest BCUT2D eigenvalue weighted by Gasteiger charge is -2.10. The molecule has 0 saturated carbocycles. The largest absolute Gasteiger partial charge is 0.322 e. The van der Waals surface area contributed by atoms with Crippen molar-refractivity contribution in [3.8, 4) is 10.6 Å². The lowest BCUT2D eigenvalue weighted by Crippen LogP contribution is -2.13. The Morgan fingerprint density at radius 1 is 1.12 bits per heavy atom. The number of hydrogen-bond donors (Lipinski definition) is 1. The first-order valence-corrected chi connectivity index (χ1v) is 9.20. The Kier molecular flexibility index (Phi) is 4.41. The highest BCUT2D eigenvalue weighted by Crippen LogP contribution is 2.31. The van der Waals surface area contributed by atoms with Gasteiger partial charge in [0, 0.05) is 17.4 Å². The van der Waals surface area contributed by atoms with Gasteiger partial charge in [0.05, 0.1) is 10.6 Å². The summed E-state index contributed by atoms with van der Waals surface area (Å²) < 4.78 is 0. The van der Waals surface area contributed by atoms with Gasteiger partial charge in [0.25, 0.3) is 5.91 Å². The van der Waals surface area contributed by atoms with Crippen LogP contribution in [0.15, 0.2) is 60.8 Å². The van der Waals surface area contributed by atoms with E-state index in [0.717, 1.165) is 32.2 Å². The summed E-state index contributed by atoms with van der Waals surface area (Å²) in [7, 11) is 0. The third-order valence-corrected chi connectivity index (χ3v) is 5.36. The number of carbonyl (C=O) groups excluding carboxylic acids is 1. The van der Waals surface area contributed by atoms with Crippen LogP contribution in [0.1, 0.15) is 15.9 Å². The number of pyridine rings is 1. The fraction of sp³-hybridized carbons (Fsp3) is 0.0500. The van der Waals surface area contributed by atoms with Gasteiger partial charge in [0.15, 0.2) is 0 Å². The summed E-state index contributed by atoms with van der Waals surface area (Å²) in [6.45, 7) is 1.96. The minimum atomic E-state index is -0.226. The molecule has 2 aromatic carbocycles. The zero-order chi connectivity index (χ0) is 18.1. The maximum absolute atomic E-state index is 12.4. The molecular weight excluding hydrogens is 366 g/mol. The molecule has 2 heterocycles. The second-order valence-electron chi connectivity index (χ2n) is 5.81. The molecule has 0 spiro atoms. The zero-order valence-corrected chi connectivity index (χ0v) is 15.4. The van der Waals surface area contributed by atoms with E-state index in [1.165, 1.54) is 0 Å². The fourth-order valence-corrected chi connectivity index (χ4v) is 3.79. The number of rotatable bonds is 3. The highest BCUT2D eigenvalue weighted by Gasteiger charge is 2.13. The normalized spacial score (nSPS) is 10.8.